The Kier molecular flexibility index (Phi) is 6.49. The van der Waals surface area contributed by atoms with E-state index in [0.29, 0.717) is 29.8 Å². The van der Waals surface area contributed by atoms with Crippen molar-refractivity contribution < 1.29 is 14.2 Å². The third-order valence-electron chi connectivity index (χ3n) is 2.76. The summed E-state index contributed by atoms with van der Waals surface area (Å²) in [6.45, 7) is 3.28. The number of methoxy groups -OCH3 is 3. The van der Waals surface area contributed by atoms with Gasteiger partial charge in [0.1, 0.15) is 0 Å². The summed E-state index contributed by atoms with van der Waals surface area (Å²) in [6.07, 6.45) is 0.996. The highest BCUT2D eigenvalue weighted by atomic mass is 16.5. The highest BCUT2D eigenvalue weighted by molar-refractivity contribution is 5.77. The van der Waals surface area contributed by atoms with Crippen LogP contribution in [0.3, 0.4) is 0 Å². The molecule has 112 valence electrons. The van der Waals surface area contributed by atoms with Gasteiger partial charge in [0.2, 0.25) is 5.75 Å². The Bertz CT molecular complexity index is 461. The molecule has 6 nitrogen and oxygen atoms in total. The molecule has 20 heavy (non-hydrogen) atoms. The molecule has 0 aromatic heterocycles. The normalized spacial score (nSPS) is 11.1. The van der Waals surface area contributed by atoms with Crippen LogP contribution in [0.1, 0.15) is 18.9 Å². The van der Waals surface area contributed by atoms with E-state index in [0.717, 1.165) is 18.5 Å². The van der Waals surface area contributed by atoms with E-state index in [9.17, 15) is 0 Å². The topological polar surface area (TPSA) is 78.1 Å². The summed E-state index contributed by atoms with van der Waals surface area (Å²) in [4.78, 5) is 4.28. The van der Waals surface area contributed by atoms with Gasteiger partial charge in [-0.1, -0.05) is 6.92 Å². The predicted octanol–water partition coefficient (Wildman–Crippen LogP) is 1.53. The molecule has 0 spiro atoms. The van der Waals surface area contributed by atoms with Gasteiger partial charge >= 0.3 is 0 Å². The molecule has 3 N–H and O–H groups in total. The van der Waals surface area contributed by atoms with Crippen molar-refractivity contribution in [2.75, 3.05) is 27.9 Å². The lowest BCUT2D eigenvalue weighted by atomic mass is 10.1. The lowest BCUT2D eigenvalue weighted by Crippen LogP contribution is -2.32. The molecule has 0 aliphatic carbocycles. The summed E-state index contributed by atoms with van der Waals surface area (Å²) in [5.41, 5.74) is 6.65. The Morgan fingerprint density at radius 2 is 1.85 bits per heavy atom. The number of hydrogen-bond donors (Lipinski definition) is 2. The van der Waals surface area contributed by atoms with Crippen LogP contribution in [0.5, 0.6) is 17.2 Å². The van der Waals surface area contributed by atoms with Crippen molar-refractivity contribution in [1.29, 1.82) is 0 Å². The van der Waals surface area contributed by atoms with Gasteiger partial charge in [0, 0.05) is 12.1 Å². The molecule has 1 rings (SSSR count). The van der Waals surface area contributed by atoms with Crippen molar-refractivity contribution in [3.05, 3.63) is 17.7 Å². The van der Waals surface area contributed by atoms with E-state index in [-0.39, 0.29) is 0 Å². The number of nitrogens with one attached hydrogen (secondary N) is 1. The molecule has 1 aromatic rings. The molecular formula is C14H23N3O3. The van der Waals surface area contributed by atoms with Gasteiger partial charge < -0.3 is 25.3 Å². The minimum absolute atomic E-state index is 0.409. The molecule has 0 aliphatic rings. The summed E-state index contributed by atoms with van der Waals surface area (Å²) in [5, 5.41) is 3.02. The van der Waals surface area contributed by atoms with E-state index < -0.39 is 0 Å². The van der Waals surface area contributed by atoms with Crippen LogP contribution in [-0.2, 0) is 6.54 Å². The molecule has 0 saturated heterocycles. The molecule has 0 fully saturated rings. The first-order valence-corrected chi connectivity index (χ1v) is 6.49. The summed E-state index contributed by atoms with van der Waals surface area (Å²) >= 11 is 0. The van der Waals surface area contributed by atoms with Gasteiger partial charge in [0.25, 0.3) is 0 Å². The average Bonchev–Trinajstić information content (AvgIpc) is 2.49. The predicted molar refractivity (Wildman–Crippen MR) is 79.7 cm³/mol. The zero-order chi connectivity index (χ0) is 15.0. The first-order chi connectivity index (χ1) is 9.67. The first-order valence-electron chi connectivity index (χ1n) is 6.49. The number of guanidine groups is 1. The molecule has 0 bridgehead atoms. The van der Waals surface area contributed by atoms with Crippen LogP contribution in [0.2, 0.25) is 0 Å². The fourth-order valence-electron chi connectivity index (χ4n) is 1.77. The quantitative estimate of drug-likeness (QED) is 0.585. The second-order valence-electron chi connectivity index (χ2n) is 4.12. The van der Waals surface area contributed by atoms with Crippen LogP contribution in [0, 0.1) is 0 Å². The Balaban J connectivity index is 2.95. The van der Waals surface area contributed by atoms with Crippen molar-refractivity contribution in [1.82, 2.24) is 5.32 Å². The molecule has 0 heterocycles. The highest BCUT2D eigenvalue weighted by Gasteiger charge is 2.15. The second kappa shape index (κ2) is 8.14. The van der Waals surface area contributed by atoms with E-state index in [1.54, 1.807) is 21.3 Å². The number of ether oxygens (including phenoxy) is 3. The summed E-state index contributed by atoms with van der Waals surface area (Å²) in [6, 6.07) is 3.71. The minimum atomic E-state index is 0.409. The molecule has 0 unspecified atom stereocenters. The molecular weight excluding hydrogens is 258 g/mol. The Morgan fingerprint density at radius 3 is 2.40 bits per heavy atom. The molecule has 6 heteroatoms. The number of benzene rings is 1. The van der Waals surface area contributed by atoms with E-state index >= 15 is 0 Å². The van der Waals surface area contributed by atoms with Gasteiger partial charge in [-0.2, -0.15) is 0 Å². The third kappa shape index (κ3) is 3.94. The van der Waals surface area contributed by atoms with Crippen molar-refractivity contribution in [3.8, 4) is 17.2 Å². The fraction of sp³-hybridized carbons (Fsp3) is 0.500. The molecule has 0 saturated carbocycles. The monoisotopic (exact) mass is 281 g/mol. The molecule has 1 aromatic carbocycles. The van der Waals surface area contributed by atoms with Gasteiger partial charge in [0.15, 0.2) is 17.5 Å². The van der Waals surface area contributed by atoms with Crippen LogP contribution in [0.25, 0.3) is 0 Å². The minimum Gasteiger partial charge on any atom is -0.493 e. The highest BCUT2D eigenvalue weighted by Crippen LogP contribution is 2.39. The Hall–Kier alpha value is -2.11. The maximum atomic E-state index is 5.77. The van der Waals surface area contributed by atoms with Gasteiger partial charge in [-0.05, 0) is 18.6 Å². The van der Waals surface area contributed by atoms with E-state index in [2.05, 4.69) is 17.2 Å². The number of nitrogens with two attached hydrogens (primary N) is 1. The number of rotatable bonds is 7. The van der Waals surface area contributed by atoms with Crippen LogP contribution in [-0.4, -0.2) is 33.8 Å². The smallest absolute Gasteiger partial charge is 0.203 e. The van der Waals surface area contributed by atoms with E-state index in [4.69, 9.17) is 19.9 Å². The SMILES string of the molecule is CCCNC(N)=NCc1ccc(OC)c(OC)c1OC. The van der Waals surface area contributed by atoms with Crippen molar-refractivity contribution in [2.24, 2.45) is 10.7 Å². The zero-order valence-corrected chi connectivity index (χ0v) is 12.5. The van der Waals surface area contributed by atoms with Crippen molar-refractivity contribution >= 4 is 5.96 Å². The first kappa shape index (κ1) is 15.9. The second-order valence-corrected chi connectivity index (χ2v) is 4.12. The maximum Gasteiger partial charge on any atom is 0.203 e. The van der Waals surface area contributed by atoms with Gasteiger partial charge in [-0.15, -0.1) is 0 Å². The number of nitrogens with zero attached hydrogens (tertiary/aromatic N) is 1. The van der Waals surface area contributed by atoms with Crippen LogP contribution >= 0.6 is 0 Å². The van der Waals surface area contributed by atoms with Gasteiger partial charge in [-0.3, -0.25) is 0 Å². The summed E-state index contributed by atoms with van der Waals surface area (Å²) in [5.74, 6) is 2.21. The Morgan fingerprint density at radius 1 is 1.15 bits per heavy atom. The number of hydrogen-bond acceptors (Lipinski definition) is 4. The van der Waals surface area contributed by atoms with Crippen molar-refractivity contribution in [3.63, 3.8) is 0 Å². The summed E-state index contributed by atoms with van der Waals surface area (Å²) in [7, 11) is 4.75. The number of aliphatic imine (C=N–C) groups is 1. The van der Waals surface area contributed by atoms with E-state index in [1.165, 1.54) is 0 Å². The molecule has 0 aliphatic heterocycles. The van der Waals surface area contributed by atoms with Crippen LogP contribution < -0.4 is 25.3 Å². The van der Waals surface area contributed by atoms with Crippen LogP contribution in [0.15, 0.2) is 17.1 Å². The standard InChI is InChI=1S/C14H23N3O3/c1-5-8-16-14(15)17-9-10-6-7-11(18-2)13(20-4)12(10)19-3/h6-7H,5,8-9H2,1-4H3,(H3,15,16,17). The van der Waals surface area contributed by atoms with Gasteiger partial charge in [0.05, 0.1) is 27.9 Å². The molecule has 0 atom stereocenters. The molecule has 0 radical (unpaired) electrons. The van der Waals surface area contributed by atoms with Gasteiger partial charge in [-0.25, -0.2) is 4.99 Å². The average molecular weight is 281 g/mol. The van der Waals surface area contributed by atoms with E-state index in [1.807, 2.05) is 12.1 Å². The molecule has 0 amide bonds. The maximum absolute atomic E-state index is 5.77. The lowest BCUT2D eigenvalue weighted by Gasteiger charge is -2.15. The zero-order valence-electron chi connectivity index (χ0n) is 12.5. The fourth-order valence-corrected chi connectivity index (χ4v) is 1.77. The largest absolute Gasteiger partial charge is 0.493 e. The van der Waals surface area contributed by atoms with Crippen molar-refractivity contribution in [2.45, 2.75) is 19.9 Å². The third-order valence-corrected chi connectivity index (χ3v) is 2.76. The van der Waals surface area contributed by atoms with Crippen LogP contribution in [0.4, 0.5) is 0 Å². The Labute approximate surface area is 119 Å². The lowest BCUT2D eigenvalue weighted by molar-refractivity contribution is 0.322. The summed E-state index contributed by atoms with van der Waals surface area (Å²) < 4.78 is 15.9.